The average Bonchev–Trinajstić information content (AvgIpc) is 2.95. The Morgan fingerprint density at radius 1 is 0.913 bits per heavy atom. The van der Waals surface area contributed by atoms with E-state index in [0.717, 1.165) is 11.1 Å². The number of ether oxygens (including phenoxy) is 3. The molecule has 120 valence electrons. The molecule has 0 aliphatic carbocycles. The smallest absolute Gasteiger partial charge is 0.309 e. The maximum atomic E-state index is 11.6. The number of esters is 1. The fourth-order valence-corrected chi connectivity index (χ4v) is 2.54. The van der Waals surface area contributed by atoms with E-state index < -0.39 is 0 Å². The molecule has 0 amide bonds. The normalized spacial score (nSPS) is 20.4. The Bertz CT molecular complexity index is 612. The van der Waals surface area contributed by atoms with Crippen molar-refractivity contribution in [3.8, 4) is 0 Å². The summed E-state index contributed by atoms with van der Waals surface area (Å²) in [5.74, 6) is -0.226. The number of cyclic esters (lactones) is 1. The molecule has 0 radical (unpaired) electrons. The quantitative estimate of drug-likeness (QED) is 0.737. The Morgan fingerprint density at radius 3 is 2.17 bits per heavy atom. The van der Waals surface area contributed by atoms with E-state index >= 15 is 0 Å². The van der Waals surface area contributed by atoms with Crippen molar-refractivity contribution in [2.75, 3.05) is 6.61 Å². The molecule has 2 aromatic rings. The van der Waals surface area contributed by atoms with Gasteiger partial charge in [-0.3, -0.25) is 4.79 Å². The highest BCUT2D eigenvalue weighted by molar-refractivity contribution is 5.72. The van der Waals surface area contributed by atoms with Gasteiger partial charge in [-0.1, -0.05) is 60.7 Å². The summed E-state index contributed by atoms with van der Waals surface area (Å²) in [5.41, 5.74) is 2.18. The molecule has 0 bridgehead atoms. The molecule has 1 saturated heterocycles. The predicted octanol–water partition coefficient (Wildman–Crippen LogP) is 3.10. The number of carbonyl (C=O) groups excluding carboxylic acids is 1. The largest absolute Gasteiger partial charge is 0.457 e. The van der Waals surface area contributed by atoms with Crippen molar-refractivity contribution in [1.82, 2.24) is 0 Å². The van der Waals surface area contributed by atoms with Crippen molar-refractivity contribution in [1.29, 1.82) is 0 Å². The molecule has 2 atom stereocenters. The van der Waals surface area contributed by atoms with E-state index in [1.165, 1.54) is 0 Å². The first kappa shape index (κ1) is 15.7. The lowest BCUT2D eigenvalue weighted by Crippen LogP contribution is -2.29. The van der Waals surface area contributed by atoms with Crippen LogP contribution < -0.4 is 0 Å². The molecule has 0 unspecified atom stereocenters. The predicted molar refractivity (Wildman–Crippen MR) is 85.6 cm³/mol. The third-order valence-corrected chi connectivity index (χ3v) is 3.77. The van der Waals surface area contributed by atoms with Gasteiger partial charge >= 0.3 is 5.97 Å². The first-order valence-electron chi connectivity index (χ1n) is 7.78. The summed E-state index contributed by atoms with van der Waals surface area (Å²) in [6.07, 6.45) is -0.306. The molecule has 1 fully saturated rings. The third-order valence-electron chi connectivity index (χ3n) is 3.77. The zero-order valence-electron chi connectivity index (χ0n) is 12.9. The van der Waals surface area contributed by atoms with Gasteiger partial charge in [-0.25, -0.2) is 0 Å². The molecule has 1 heterocycles. The van der Waals surface area contributed by atoms with Crippen molar-refractivity contribution in [3.63, 3.8) is 0 Å². The first-order valence-corrected chi connectivity index (χ1v) is 7.78. The van der Waals surface area contributed by atoms with Crippen molar-refractivity contribution in [3.05, 3.63) is 71.8 Å². The van der Waals surface area contributed by atoms with Gasteiger partial charge < -0.3 is 14.2 Å². The second-order valence-corrected chi connectivity index (χ2v) is 5.57. The van der Waals surface area contributed by atoms with E-state index in [1.807, 2.05) is 60.7 Å². The van der Waals surface area contributed by atoms with E-state index in [2.05, 4.69) is 0 Å². The highest BCUT2D eigenvalue weighted by Crippen LogP contribution is 2.20. The van der Waals surface area contributed by atoms with Crippen LogP contribution in [-0.2, 0) is 32.2 Å². The maximum Gasteiger partial charge on any atom is 0.309 e. The van der Waals surface area contributed by atoms with Crippen LogP contribution in [0, 0.1) is 0 Å². The Labute approximate surface area is 136 Å². The minimum absolute atomic E-state index is 0.226. The number of benzene rings is 2. The molecule has 23 heavy (non-hydrogen) atoms. The summed E-state index contributed by atoms with van der Waals surface area (Å²) in [5, 5.41) is 0. The number of hydrogen-bond donors (Lipinski definition) is 0. The lowest BCUT2D eigenvalue weighted by Gasteiger charge is -2.18. The van der Waals surface area contributed by atoms with Gasteiger partial charge in [0.25, 0.3) is 0 Å². The van der Waals surface area contributed by atoms with Crippen LogP contribution in [-0.4, -0.2) is 24.8 Å². The van der Waals surface area contributed by atoms with E-state index in [1.54, 1.807) is 0 Å². The molecule has 0 spiro atoms. The van der Waals surface area contributed by atoms with Gasteiger partial charge in [-0.05, 0) is 11.1 Å². The van der Waals surface area contributed by atoms with Crippen LogP contribution in [0.5, 0.6) is 0 Å². The monoisotopic (exact) mass is 312 g/mol. The van der Waals surface area contributed by atoms with Crippen LogP contribution in [0.15, 0.2) is 60.7 Å². The summed E-state index contributed by atoms with van der Waals surface area (Å²) >= 11 is 0. The maximum absolute atomic E-state index is 11.6. The third kappa shape index (κ3) is 4.65. The molecule has 1 aliphatic rings. The fraction of sp³-hybridized carbons (Fsp3) is 0.316. The molecule has 4 nitrogen and oxygen atoms in total. The van der Waals surface area contributed by atoms with Gasteiger partial charge in [0.2, 0.25) is 0 Å². The zero-order chi connectivity index (χ0) is 15.9. The minimum Gasteiger partial charge on any atom is -0.457 e. The lowest BCUT2D eigenvalue weighted by molar-refractivity contribution is -0.144. The molecular weight excluding hydrogens is 292 g/mol. The highest BCUT2D eigenvalue weighted by Gasteiger charge is 2.35. The summed E-state index contributed by atoms with van der Waals surface area (Å²) in [6, 6.07) is 19.8. The van der Waals surface area contributed by atoms with Crippen LogP contribution in [0.2, 0.25) is 0 Å². The van der Waals surface area contributed by atoms with E-state index in [4.69, 9.17) is 14.2 Å². The SMILES string of the molecule is O=C1C[C@@H](OCc2ccccc2)[C@@H](COCc2ccccc2)O1. The van der Waals surface area contributed by atoms with Crippen LogP contribution >= 0.6 is 0 Å². The van der Waals surface area contributed by atoms with Crippen LogP contribution in [0.25, 0.3) is 0 Å². The first-order chi connectivity index (χ1) is 11.3. The van der Waals surface area contributed by atoms with Gasteiger partial charge in [0.1, 0.15) is 6.10 Å². The van der Waals surface area contributed by atoms with Crippen molar-refractivity contribution < 1.29 is 19.0 Å². The molecule has 1 aliphatic heterocycles. The van der Waals surface area contributed by atoms with Crippen molar-refractivity contribution in [2.24, 2.45) is 0 Å². The van der Waals surface area contributed by atoms with Gasteiger partial charge in [0.05, 0.1) is 26.2 Å². The van der Waals surface area contributed by atoms with Crippen molar-refractivity contribution in [2.45, 2.75) is 31.8 Å². The Morgan fingerprint density at radius 2 is 1.52 bits per heavy atom. The summed E-state index contributed by atoms with van der Waals surface area (Å²) in [4.78, 5) is 11.6. The zero-order valence-corrected chi connectivity index (χ0v) is 12.9. The van der Waals surface area contributed by atoms with Crippen LogP contribution in [0.1, 0.15) is 17.5 Å². The molecular formula is C19H20O4. The van der Waals surface area contributed by atoms with Gasteiger partial charge in [-0.15, -0.1) is 0 Å². The van der Waals surface area contributed by atoms with E-state index in [9.17, 15) is 4.79 Å². The van der Waals surface area contributed by atoms with E-state index in [-0.39, 0.29) is 24.6 Å². The average molecular weight is 312 g/mol. The van der Waals surface area contributed by atoms with Crippen LogP contribution in [0.3, 0.4) is 0 Å². The molecule has 0 N–H and O–H groups in total. The Balaban J connectivity index is 1.48. The number of carbonyl (C=O) groups is 1. The highest BCUT2D eigenvalue weighted by atomic mass is 16.6. The van der Waals surface area contributed by atoms with Crippen LogP contribution in [0.4, 0.5) is 0 Å². The Kier molecular flexibility index (Phi) is 5.40. The topological polar surface area (TPSA) is 44.8 Å². The lowest BCUT2D eigenvalue weighted by atomic mass is 10.2. The minimum atomic E-state index is -0.338. The van der Waals surface area contributed by atoms with Gasteiger partial charge in [0, 0.05) is 0 Å². The fourth-order valence-electron chi connectivity index (χ4n) is 2.54. The Hall–Kier alpha value is -2.17. The second kappa shape index (κ2) is 7.90. The summed E-state index contributed by atoms with van der Waals surface area (Å²) < 4.78 is 16.8. The molecule has 0 saturated carbocycles. The number of hydrogen-bond acceptors (Lipinski definition) is 4. The standard InChI is InChI=1S/C19H20O4/c20-19-11-17(22-13-16-9-5-2-6-10-16)18(23-19)14-21-12-15-7-3-1-4-8-15/h1-10,17-18H,11-14H2/t17-,18-/m1/s1. The van der Waals surface area contributed by atoms with Crippen molar-refractivity contribution >= 4 is 5.97 Å². The summed E-state index contributed by atoms with van der Waals surface area (Å²) in [7, 11) is 0. The number of rotatable bonds is 7. The molecule has 4 heteroatoms. The van der Waals surface area contributed by atoms with Gasteiger partial charge in [0.15, 0.2) is 6.10 Å². The molecule has 2 aromatic carbocycles. The summed E-state index contributed by atoms with van der Waals surface area (Å²) in [6.45, 7) is 1.32. The second-order valence-electron chi connectivity index (χ2n) is 5.57. The van der Waals surface area contributed by atoms with Gasteiger partial charge in [-0.2, -0.15) is 0 Å². The van der Waals surface area contributed by atoms with E-state index in [0.29, 0.717) is 19.8 Å². The molecule has 0 aromatic heterocycles. The molecule has 3 rings (SSSR count).